The maximum absolute atomic E-state index is 11.6. The maximum atomic E-state index is 11.6. The summed E-state index contributed by atoms with van der Waals surface area (Å²) in [5, 5.41) is 5.61. The number of aromatic nitrogens is 1. The lowest BCUT2D eigenvalue weighted by atomic mass is 10.2. The molecule has 0 fully saturated rings. The second-order valence-electron chi connectivity index (χ2n) is 2.93. The number of hydrogen-bond acceptors (Lipinski definition) is 3. The Morgan fingerprint density at radius 3 is 3.07 bits per heavy atom. The first-order chi connectivity index (χ1) is 6.77. The van der Waals surface area contributed by atoms with Gasteiger partial charge in [0.25, 0.3) is 5.91 Å². The predicted octanol–water partition coefficient (Wildman–Crippen LogP) is 2.44. The number of amides is 1. The van der Waals surface area contributed by atoms with Crippen LogP contribution < -0.4 is 5.32 Å². The van der Waals surface area contributed by atoms with E-state index < -0.39 is 0 Å². The molecule has 0 spiro atoms. The summed E-state index contributed by atoms with van der Waals surface area (Å²) in [6.45, 7) is 2.06. The molecule has 0 aliphatic rings. The highest BCUT2D eigenvalue weighted by molar-refractivity contribution is 9.09. The highest BCUT2D eigenvalue weighted by Crippen LogP contribution is 2.04. The summed E-state index contributed by atoms with van der Waals surface area (Å²) in [6.07, 6.45) is 1.90. The highest BCUT2D eigenvalue weighted by Gasteiger charge is 2.12. The van der Waals surface area contributed by atoms with E-state index in [4.69, 9.17) is 0 Å². The Bertz CT molecular complexity index is 276. The first-order valence-electron chi connectivity index (χ1n) is 4.53. The zero-order valence-electron chi connectivity index (χ0n) is 8.00. The van der Waals surface area contributed by atoms with E-state index in [-0.39, 0.29) is 11.9 Å². The quantitative estimate of drug-likeness (QED) is 0.840. The van der Waals surface area contributed by atoms with Crippen LogP contribution in [0.2, 0.25) is 0 Å². The number of carbonyl (C=O) groups excluding carboxylic acids is 1. The van der Waals surface area contributed by atoms with Gasteiger partial charge in [0, 0.05) is 16.8 Å². The number of carbonyl (C=O) groups is 1. The number of alkyl halides is 1. The molecule has 0 aromatic carbocycles. The third kappa shape index (κ3) is 3.38. The molecular formula is C9H13BrN2OS. The minimum Gasteiger partial charge on any atom is -0.348 e. The summed E-state index contributed by atoms with van der Waals surface area (Å²) in [6, 6.07) is 0.239. The van der Waals surface area contributed by atoms with Gasteiger partial charge >= 0.3 is 0 Å². The first-order valence-corrected chi connectivity index (χ1v) is 6.59. The molecule has 1 amide bonds. The fraction of sp³-hybridized carbons (Fsp3) is 0.556. The molecule has 1 heterocycles. The van der Waals surface area contributed by atoms with Crippen LogP contribution in [0.15, 0.2) is 10.9 Å². The summed E-state index contributed by atoms with van der Waals surface area (Å²) in [4.78, 5) is 15.5. The van der Waals surface area contributed by atoms with Crippen LogP contribution in [0.4, 0.5) is 0 Å². The lowest BCUT2D eigenvalue weighted by Gasteiger charge is -2.14. The number of halogens is 1. The predicted molar refractivity (Wildman–Crippen MR) is 62.1 cm³/mol. The molecule has 0 saturated carbocycles. The Balaban J connectivity index is 2.47. The van der Waals surface area contributed by atoms with Crippen molar-refractivity contribution in [3.05, 3.63) is 16.6 Å². The van der Waals surface area contributed by atoms with Gasteiger partial charge < -0.3 is 5.32 Å². The Labute approximate surface area is 96.1 Å². The van der Waals surface area contributed by atoms with Crippen LogP contribution in [-0.2, 0) is 0 Å². The van der Waals surface area contributed by atoms with Crippen molar-refractivity contribution in [3.8, 4) is 0 Å². The van der Waals surface area contributed by atoms with Crippen molar-refractivity contribution in [2.24, 2.45) is 0 Å². The summed E-state index contributed by atoms with van der Waals surface area (Å²) >= 11 is 4.80. The van der Waals surface area contributed by atoms with Crippen LogP contribution >= 0.6 is 27.3 Å². The molecule has 1 rings (SSSR count). The summed E-state index contributed by atoms with van der Waals surface area (Å²) in [5.74, 6) is -0.0703. The average Bonchev–Trinajstić information content (AvgIpc) is 2.69. The molecule has 1 atom stereocenters. The average molecular weight is 277 g/mol. The van der Waals surface area contributed by atoms with Crippen LogP contribution in [0.25, 0.3) is 0 Å². The van der Waals surface area contributed by atoms with Crippen LogP contribution in [0.3, 0.4) is 0 Å². The molecule has 0 saturated heterocycles. The molecule has 1 aromatic heterocycles. The molecule has 78 valence electrons. The fourth-order valence-corrected chi connectivity index (χ4v) is 2.18. The monoisotopic (exact) mass is 276 g/mol. The Morgan fingerprint density at radius 2 is 2.57 bits per heavy atom. The van der Waals surface area contributed by atoms with Gasteiger partial charge in [-0.15, -0.1) is 11.3 Å². The molecule has 1 unspecified atom stereocenters. The maximum Gasteiger partial charge on any atom is 0.270 e. The fourth-order valence-electron chi connectivity index (χ4n) is 1.09. The van der Waals surface area contributed by atoms with Crippen LogP contribution in [0.5, 0.6) is 0 Å². The number of rotatable bonds is 5. The standard InChI is InChI=1S/C9H13BrN2OS/c1-2-7(3-4-10)12-9(13)8-5-14-6-11-8/h5-7H,2-4H2,1H3,(H,12,13). The highest BCUT2D eigenvalue weighted by atomic mass is 79.9. The van der Waals surface area contributed by atoms with Crippen molar-refractivity contribution in [2.75, 3.05) is 5.33 Å². The van der Waals surface area contributed by atoms with Gasteiger partial charge in [-0.3, -0.25) is 4.79 Å². The smallest absolute Gasteiger partial charge is 0.270 e. The van der Waals surface area contributed by atoms with Gasteiger partial charge in [-0.2, -0.15) is 0 Å². The zero-order chi connectivity index (χ0) is 10.4. The van der Waals surface area contributed by atoms with Gasteiger partial charge in [0.1, 0.15) is 5.69 Å². The summed E-state index contributed by atoms with van der Waals surface area (Å²) in [5.41, 5.74) is 2.18. The SMILES string of the molecule is CCC(CCBr)NC(=O)c1cscn1. The van der Waals surface area contributed by atoms with Gasteiger partial charge in [-0.05, 0) is 12.8 Å². The van der Waals surface area contributed by atoms with Gasteiger partial charge in [-0.1, -0.05) is 22.9 Å². The van der Waals surface area contributed by atoms with Gasteiger partial charge in [0.2, 0.25) is 0 Å². The largest absolute Gasteiger partial charge is 0.348 e. The van der Waals surface area contributed by atoms with Gasteiger partial charge in [0.05, 0.1) is 5.51 Å². The molecule has 0 radical (unpaired) electrons. The Morgan fingerprint density at radius 1 is 1.79 bits per heavy atom. The molecule has 0 aliphatic carbocycles. The lowest BCUT2D eigenvalue weighted by Crippen LogP contribution is -2.34. The van der Waals surface area contributed by atoms with Crippen molar-refractivity contribution in [1.82, 2.24) is 10.3 Å². The molecule has 5 heteroatoms. The Hall–Kier alpha value is -0.420. The van der Waals surface area contributed by atoms with Crippen molar-refractivity contribution < 1.29 is 4.79 Å². The molecule has 14 heavy (non-hydrogen) atoms. The van der Waals surface area contributed by atoms with E-state index in [1.165, 1.54) is 11.3 Å². The zero-order valence-corrected chi connectivity index (χ0v) is 10.4. The molecule has 0 bridgehead atoms. The lowest BCUT2D eigenvalue weighted by molar-refractivity contribution is 0.0931. The second kappa shape index (κ2) is 6.14. The third-order valence-electron chi connectivity index (χ3n) is 1.95. The number of nitrogens with one attached hydrogen (secondary N) is 1. The first kappa shape index (κ1) is 11.7. The van der Waals surface area contributed by atoms with Crippen LogP contribution in [0, 0.1) is 0 Å². The van der Waals surface area contributed by atoms with E-state index in [1.54, 1.807) is 10.9 Å². The minimum absolute atomic E-state index is 0.0703. The topological polar surface area (TPSA) is 42.0 Å². The second-order valence-corrected chi connectivity index (χ2v) is 4.44. The van der Waals surface area contributed by atoms with E-state index in [2.05, 4.69) is 33.2 Å². The number of nitrogens with zero attached hydrogens (tertiary/aromatic N) is 1. The number of hydrogen-bond donors (Lipinski definition) is 1. The minimum atomic E-state index is -0.0703. The number of thiazole rings is 1. The van der Waals surface area contributed by atoms with Crippen LogP contribution in [0.1, 0.15) is 30.3 Å². The summed E-state index contributed by atoms with van der Waals surface area (Å²) < 4.78 is 0. The normalized spacial score (nSPS) is 12.4. The Kier molecular flexibility index (Phi) is 5.11. The molecule has 1 N–H and O–H groups in total. The van der Waals surface area contributed by atoms with E-state index in [0.29, 0.717) is 5.69 Å². The van der Waals surface area contributed by atoms with Crippen molar-refractivity contribution in [1.29, 1.82) is 0 Å². The molecule has 0 aliphatic heterocycles. The van der Waals surface area contributed by atoms with Gasteiger partial charge in [0.15, 0.2) is 0 Å². The summed E-state index contributed by atoms with van der Waals surface area (Å²) in [7, 11) is 0. The van der Waals surface area contributed by atoms with E-state index in [9.17, 15) is 4.79 Å². The van der Waals surface area contributed by atoms with Crippen molar-refractivity contribution >= 4 is 33.2 Å². The van der Waals surface area contributed by atoms with Crippen molar-refractivity contribution in [2.45, 2.75) is 25.8 Å². The van der Waals surface area contributed by atoms with E-state index in [0.717, 1.165) is 18.2 Å². The van der Waals surface area contributed by atoms with Crippen LogP contribution in [-0.4, -0.2) is 22.3 Å². The van der Waals surface area contributed by atoms with E-state index in [1.807, 2.05) is 0 Å². The van der Waals surface area contributed by atoms with Gasteiger partial charge in [-0.25, -0.2) is 4.98 Å². The third-order valence-corrected chi connectivity index (χ3v) is 2.99. The van der Waals surface area contributed by atoms with E-state index >= 15 is 0 Å². The molecule has 1 aromatic rings. The molecule has 3 nitrogen and oxygen atoms in total. The van der Waals surface area contributed by atoms with Crippen molar-refractivity contribution in [3.63, 3.8) is 0 Å². The molecular weight excluding hydrogens is 264 g/mol.